The third kappa shape index (κ3) is 7.79. The summed E-state index contributed by atoms with van der Waals surface area (Å²) in [5, 5.41) is 32.4. The van der Waals surface area contributed by atoms with Gasteiger partial charge < -0.3 is 15.3 Å². The first kappa shape index (κ1) is 25.0. The summed E-state index contributed by atoms with van der Waals surface area (Å²) in [6, 6.07) is 0. The van der Waals surface area contributed by atoms with Gasteiger partial charge in [-0.25, -0.2) is 8.78 Å². The van der Waals surface area contributed by atoms with Crippen LogP contribution in [0.5, 0.6) is 0 Å². The maximum absolute atomic E-state index is 14.0. The van der Waals surface area contributed by atoms with Crippen LogP contribution in [0.25, 0.3) is 0 Å². The number of hydrogen-bond acceptors (Lipinski definition) is 5. The predicted molar refractivity (Wildman–Crippen MR) is 102 cm³/mol. The lowest BCUT2D eigenvalue weighted by Crippen LogP contribution is -2.48. The van der Waals surface area contributed by atoms with Crippen molar-refractivity contribution in [3.8, 4) is 0 Å². The Hall–Kier alpha value is -0.990. The van der Waals surface area contributed by atoms with Gasteiger partial charge in [0.2, 0.25) is 5.79 Å². The largest absolute Gasteiger partial charge is 0.393 e. The van der Waals surface area contributed by atoms with Crippen LogP contribution in [0.3, 0.4) is 0 Å². The van der Waals surface area contributed by atoms with Crippen molar-refractivity contribution in [2.24, 2.45) is 17.0 Å². The average molecular weight is 407 g/mol. The highest BCUT2D eigenvalue weighted by molar-refractivity contribution is 5.76. The van der Waals surface area contributed by atoms with Gasteiger partial charge in [0.15, 0.2) is 0 Å². The normalized spacial score (nSPS) is 23.1. The van der Waals surface area contributed by atoms with Crippen LogP contribution < -0.4 is 0 Å². The number of halogens is 2. The smallest absolute Gasteiger partial charge is 0.300 e. The van der Waals surface area contributed by atoms with Crippen molar-refractivity contribution in [2.75, 3.05) is 0 Å². The van der Waals surface area contributed by atoms with E-state index in [-0.39, 0.29) is 31.1 Å². The molecule has 0 bridgehead atoms. The molecule has 0 aromatic rings. The first-order chi connectivity index (χ1) is 13.1. The molecule has 1 rings (SSSR count). The molecule has 0 radical (unpaired) electrons. The highest BCUT2D eigenvalue weighted by Gasteiger charge is 2.51. The van der Waals surface area contributed by atoms with Crippen LogP contribution in [0.15, 0.2) is 5.18 Å². The maximum Gasteiger partial charge on any atom is 0.300 e. The van der Waals surface area contributed by atoms with Crippen molar-refractivity contribution < 1.29 is 28.9 Å². The lowest BCUT2D eigenvalue weighted by Gasteiger charge is -2.32. The highest BCUT2D eigenvalue weighted by Crippen LogP contribution is 2.42. The molecule has 3 N–H and O–H groups in total. The van der Waals surface area contributed by atoms with Gasteiger partial charge in [0, 0.05) is 24.4 Å². The lowest BCUT2D eigenvalue weighted by molar-refractivity contribution is -0.302. The monoisotopic (exact) mass is 407 g/mol. The van der Waals surface area contributed by atoms with Crippen molar-refractivity contribution in [2.45, 2.75) is 108 Å². The summed E-state index contributed by atoms with van der Waals surface area (Å²) in [7, 11) is 0. The Morgan fingerprint density at radius 2 is 1.71 bits per heavy atom. The number of nitrogens with zero attached hydrogens (tertiary/aromatic N) is 1. The number of aliphatic hydroxyl groups is 3. The van der Waals surface area contributed by atoms with Gasteiger partial charge in [-0.15, -0.1) is 4.91 Å². The van der Waals surface area contributed by atoms with E-state index in [0.717, 1.165) is 25.7 Å². The zero-order valence-electron chi connectivity index (χ0n) is 16.8. The third-order valence-electron chi connectivity index (χ3n) is 6.01. The molecule has 0 heterocycles. The number of nitroso groups, excluding NO2 is 1. The van der Waals surface area contributed by atoms with E-state index in [4.69, 9.17) is 0 Å². The molecule has 28 heavy (non-hydrogen) atoms. The van der Waals surface area contributed by atoms with Crippen LogP contribution in [-0.2, 0) is 4.79 Å². The minimum absolute atomic E-state index is 0.00325. The second kappa shape index (κ2) is 11.9. The summed E-state index contributed by atoms with van der Waals surface area (Å²) in [5.74, 6) is -7.23. The number of hydrogen-bond donors (Lipinski definition) is 3. The van der Waals surface area contributed by atoms with E-state index in [1.807, 2.05) is 0 Å². The highest BCUT2D eigenvalue weighted by atomic mass is 19.3. The Kier molecular flexibility index (Phi) is 10.6. The van der Waals surface area contributed by atoms with Crippen molar-refractivity contribution in [1.82, 2.24) is 0 Å². The molecule has 0 aliphatic heterocycles. The van der Waals surface area contributed by atoms with Crippen molar-refractivity contribution in [1.29, 1.82) is 0 Å². The molecule has 1 aliphatic carbocycles. The summed E-state index contributed by atoms with van der Waals surface area (Å²) >= 11 is 0. The van der Waals surface area contributed by atoms with Crippen LogP contribution in [0.1, 0.15) is 90.4 Å². The van der Waals surface area contributed by atoms with Crippen LogP contribution >= 0.6 is 0 Å². The predicted octanol–water partition coefficient (Wildman–Crippen LogP) is 4.29. The number of rotatable bonds is 14. The summed E-state index contributed by atoms with van der Waals surface area (Å²) in [6.45, 7) is 1.77. The van der Waals surface area contributed by atoms with Crippen LogP contribution in [0.4, 0.5) is 8.78 Å². The van der Waals surface area contributed by atoms with Gasteiger partial charge in [0.25, 0.3) is 11.8 Å². The molecule has 1 saturated carbocycles. The van der Waals surface area contributed by atoms with Gasteiger partial charge >= 0.3 is 0 Å². The van der Waals surface area contributed by atoms with E-state index < -0.39 is 36.6 Å². The SMILES string of the molecule is CCCCC(F)(F)C(O)(O)CC[C@H]1CCC(O)[C@@H]1CCCCCCC(=O)N=O. The maximum atomic E-state index is 14.0. The number of aliphatic hydroxyl groups excluding tert-OH is 1. The number of carbonyl (C=O) groups is 1. The quantitative estimate of drug-likeness (QED) is 0.226. The molecule has 1 aliphatic rings. The van der Waals surface area contributed by atoms with Crippen LogP contribution in [-0.4, -0.2) is 39.0 Å². The van der Waals surface area contributed by atoms with Crippen LogP contribution in [0.2, 0.25) is 0 Å². The number of carbonyl (C=O) groups excluding carboxylic acids is 1. The molecular formula is C20H35F2NO5. The third-order valence-corrected chi connectivity index (χ3v) is 6.01. The summed E-state index contributed by atoms with van der Waals surface area (Å²) in [6.07, 6.45) is 4.85. The second-order valence-electron chi connectivity index (χ2n) is 8.17. The van der Waals surface area contributed by atoms with Crippen LogP contribution in [0, 0.1) is 16.7 Å². The Morgan fingerprint density at radius 3 is 2.36 bits per heavy atom. The van der Waals surface area contributed by atoms with Crippen molar-refractivity contribution in [3.63, 3.8) is 0 Å². The fourth-order valence-corrected chi connectivity index (χ4v) is 4.14. The minimum atomic E-state index is -3.54. The summed E-state index contributed by atoms with van der Waals surface area (Å²) in [4.78, 5) is 20.8. The topological polar surface area (TPSA) is 107 Å². The average Bonchev–Trinajstić information content (AvgIpc) is 3.00. The first-order valence-electron chi connectivity index (χ1n) is 10.5. The minimum Gasteiger partial charge on any atom is -0.393 e. The van der Waals surface area contributed by atoms with E-state index >= 15 is 0 Å². The van der Waals surface area contributed by atoms with Gasteiger partial charge in [-0.05, 0) is 50.4 Å². The molecular weight excluding hydrogens is 372 g/mol. The molecule has 1 fully saturated rings. The first-order valence-corrected chi connectivity index (χ1v) is 10.5. The van der Waals surface area contributed by atoms with E-state index in [9.17, 15) is 33.8 Å². The van der Waals surface area contributed by atoms with Gasteiger partial charge in [-0.1, -0.05) is 32.6 Å². The molecule has 6 nitrogen and oxygen atoms in total. The number of amides is 1. The summed E-state index contributed by atoms with van der Waals surface area (Å²) in [5.41, 5.74) is 0. The van der Waals surface area contributed by atoms with Gasteiger partial charge in [0.1, 0.15) is 0 Å². The van der Waals surface area contributed by atoms with E-state index in [2.05, 4.69) is 5.18 Å². The van der Waals surface area contributed by atoms with Gasteiger partial charge in [-0.2, -0.15) is 0 Å². The van der Waals surface area contributed by atoms with E-state index in [0.29, 0.717) is 25.7 Å². The zero-order chi connectivity index (χ0) is 21.2. The van der Waals surface area contributed by atoms with E-state index in [1.165, 1.54) is 0 Å². The Balaban J connectivity index is 2.41. The second-order valence-corrected chi connectivity index (χ2v) is 8.17. The molecule has 8 heteroatoms. The molecule has 0 aromatic carbocycles. The number of unbranched alkanes of at least 4 members (excludes halogenated alkanes) is 4. The van der Waals surface area contributed by atoms with E-state index in [1.54, 1.807) is 6.92 Å². The van der Waals surface area contributed by atoms with Gasteiger partial charge in [0.05, 0.1) is 6.10 Å². The summed E-state index contributed by atoms with van der Waals surface area (Å²) < 4.78 is 28.1. The van der Waals surface area contributed by atoms with Crippen molar-refractivity contribution >= 4 is 5.91 Å². The molecule has 164 valence electrons. The Bertz CT molecular complexity index is 487. The fraction of sp³-hybridized carbons (Fsp3) is 0.950. The molecule has 0 saturated heterocycles. The lowest BCUT2D eigenvalue weighted by atomic mass is 9.84. The molecule has 0 aromatic heterocycles. The Labute approximate surface area is 165 Å². The molecule has 0 spiro atoms. The fourth-order valence-electron chi connectivity index (χ4n) is 4.14. The van der Waals surface area contributed by atoms with Gasteiger partial charge in [-0.3, -0.25) is 4.79 Å². The Morgan fingerprint density at radius 1 is 1.04 bits per heavy atom. The molecule has 3 atom stereocenters. The zero-order valence-corrected chi connectivity index (χ0v) is 16.8. The molecule has 1 amide bonds. The molecule has 1 unspecified atom stereocenters. The number of alkyl halides is 2. The standard InChI is InChI=1S/C20H35F2NO5/c1-2-3-13-19(21,22)20(26,27)14-12-15-10-11-17(24)16(15)8-6-4-5-7-9-18(25)23-28/h15-17,24,26-27H,2-14H2,1H3/t15-,16-,17?/m1/s1. The van der Waals surface area contributed by atoms with Crippen molar-refractivity contribution in [3.05, 3.63) is 4.91 Å².